The van der Waals surface area contributed by atoms with E-state index in [2.05, 4.69) is 24.7 Å². The molecule has 0 bridgehead atoms. The number of hydrogen-bond acceptors (Lipinski definition) is 1. The molecule has 0 saturated carbocycles. The lowest BCUT2D eigenvalue weighted by atomic mass is 10.2. The van der Waals surface area contributed by atoms with E-state index in [0.29, 0.717) is 0 Å². The average Bonchev–Trinajstić information content (AvgIpc) is 2.75. The predicted octanol–water partition coefficient (Wildman–Crippen LogP) is 3.99. The van der Waals surface area contributed by atoms with Gasteiger partial charge in [0.15, 0.2) is 0 Å². The van der Waals surface area contributed by atoms with Gasteiger partial charge in [-0.15, -0.1) is 0 Å². The maximum atomic E-state index is 4.14. The molecule has 0 aliphatic rings. The van der Waals surface area contributed by atoms with Crippen molar-refractivity contribution in [3.8, 4) is 0 Å². The van der Waals surface area contributed by atoms with Crippen LogP contribution in [0.1, 0.15) is 19.5 Å². The zero-order valence-corrected chi connectivity index (χ0v) is 10.4. The van der Waals surface area contributed by atoms with Crippen LogP contribution in [-0.4, -0.2) is 9.55 Å². The largest absolute Gasteiger partial charge is 0.306 e. The molecule has 16 heavy (non-hydrogen) atoms. The highest BCUT2D eigenvalue weighted by atomic mass is 15.0. The van der Waals surface area contributed by atoms with Crippen molar-refractivity contribution >= 4 is 5.70 Å². The predicted molar refractivity (Wildman–Crippen MR) is 72.1 cm³/mol. The van der Waals surface area contributed by atoms with E-state index in [9.17, 15) is 0 Å². The monoisotopic (exact) mass is 216 g/mol. The number of aromatic nitrogens is 2. The van der Waals surface area contributed by atoms with Crippen LogP contribution >= 0.6 is 0 Å². The van der Waals surface area contributed by atoms with Gasteiger partial charge in [0.25, 0.3) is 0 Å². The molecule has 1 rings (SSSR count). The Morgan fingerprint density at radius 1 is 1.31 bits per heavy atom. The number of imidazole rings is 1. The third-order valence-corrected chi connectivity index (χ3v) is 1.81. The molecule has 0 atom stereocenters. The molecule has 2 nitrogen and oxygen atoms in total. The van der Waals surface area contributed by atoms with Gasteiger partial charge in [0.05, 0.1) is 12.0 Å². The molecule has 0 unspecified atom stereocenters. The highest BCUT2D eigenvalue weighted by Gasteiger charge is 1.96. The molecular weight excluding hydrogens is 196 g/mol. The van der Waals surface area contributed by atoms with E-state index in [4.69, 9.17) is 0 Å². The minimum atomic E-state index is 0.853. The fourth-order valence-electron chi connectivity index (χ4n) is 1.05. The Morgan fingerprint density at radius 3 is 2.31 bits per heavy atom. The quantitative estimate of drug-likeness (QED) is 0.696. The van der Waals surface area contributed by atoms with Crippen molar-refractivity contribution in [3.05, 3.63) is 61.8 Å². The second kappa shape index (κ2) is 7.46. The molecule has 0 aliphatic carbocycles. The van der Waals surface area contributed by atoms with Crippen molar-refractivity contribution < 1.29 is 0 Å². The van der Waals surface area contributed by atoms with Crippen LogP contribution in [0.3, 0.4) is 0 Å². The first-order valence-corrected chi connectivity index (χ1v) is 5.34. The Balaban J connectivity index is 0.00000106. The molecular formula is C14H20N2. The average molecular weight is 216 g/mol. The van der Waals surface area contributed by atoms with Crippen molar-refractivity contribution in [1.82, 2.24) is 9.55 Å². The Kier molecular flexibility index (Phi) is 6.61. The minimum Gasteiger partial charge on any atom is -0.306 e. The zero-order valence-electron chi connectivity index (χ0n) is 10.4. The molecule has 2 heteroatoms. The summed E-state index contributed by atoms with van der Waals surface area (Å²) in [6.07, 6.45) is 9.05. The van der Waals surface area contributed by atoms with E-state index in [1.54, 1.807) is 18.5 Å². The Labute approximate surface area is 98.3 Å². The van der Waals surface area contributed by atoms with Crippen LogP contribution in [0.25, 0.3) is 5.70 Å². The van der Waals surface area contributed by atoms with E-state index in [-0.39, 0.29) is 0 Å². The highest BCUT2D eigenvalue weighted by Crippen LogP contribution is 2.10. The van der Waals surface area contributed by atoms with Crippen molar-refractivity contribution in [2.45, 2.75) is 20.8 Å². The van der Waals surface area contributed by atoms with Crippen LogP contribution in [0.4, 0.5) is 0 Å². The summed E-state index contributed by atoms with van der Waals surface area (Å²) in [6.45, 7) is 17.1. The lowest BCUT2D eigenvalue weighted by Gasteiger charge is -2.02. The van der Waals surface area contributed by atoms with Crippen LogP contribution < -0.4 is 0 Å². The minimum absolute atomic E-state index is 0.853. The summed E-state index contributed by atoms with van der Waals surface area (Å²) in [7, 11) is 0. The summed E-state index contributed by atoms with van der Waals surface area (Å²) < 4.78 is 1.90. The van der Waals surface area contributed by atoms with Gasteiger partial charge >= 0.3 is 0 Å². The van der Waals surface area contributed by atoms with Crippen LogP contribution in [0.5, 0.6) is 0 Å². The fraction of sp³-hybridized carbons (Fsp3) is 0.214. The molecule has 0 spiro atoms. The van der Waals surface area contributed by atoms with Gasteiger partial charge in [-0.3, -0.25) is 0 Å². The second-order valence-corrected chi connectivity index (χ2v) is 2.97. The van der Waals surface area contributed by atoms with Crippen LogP contribution in [0, 0.1) is 6.92 Å². The first-order valence-electron chi connectivity index (χ1n) is 5.34. The Hall–Kier alpha value is -1.83. The van der Waals surface area contributed by atoms with Crippen LogP contribution in [0.15, 0.2) is 56.1 Å². The van der Waals surface area contributed by atoms with Gasteiger partial charge in [0, 0.05) is 11.9 Å². The highest BCUT2D eigenvalue weighted by molar-refractivity contribution is 5.60. The zero-order chi connectivity index (χ0) is 12.6. The van der Waals surface area contributed by atoms with Crippen molar-refractivity contribution in [3.63, 3.8) is 0 Å². The Morgan fingerprint density at radius 2 is 1.94 bits per heavy atom. The van der Waals surface area contributed by atoms with Gasteiger partial charge in [0.2, 0.25) is 0 Å². The number of aryl methyl sites for hydroxylation is 1. The van der Waals surface area contributed by atoms with E-state index < -0.39 is 0 Å². The maximum Gasteiger partial charge on any atom is 0.0995 e. The summed E-state index contributed by atoms with van der Waals surface area (Å²) in [4.78, 5) is 4.14. The van der Waals surface area contributed by atoms with E-state index in [1.807, 2.05) is 37.6 Å². The number of hydrogen-bond donors (Lipinski definition) is 0. The number of rotatable bonds is 4. The molecule has 0 saturated heterocycles. The Bertz CT molecular complexity index is 395. The molecule has 1 heterocycles. The van der Waals surface area contributed by atoms with E-state index in [0.717, 1.165) is 17.0 Å². The lowest BCUT2D eigenvalue weighted by Crippen LogP contribution is -1.90. The van der Waals surface area contributed by atoms with Crippen LogP contribution in [0.2, 0.25) is 0 Å². The smallest absolute Gasteiger partial charge is 0.0995 e. The molecule has 1 aromatic rings. The summed E-state index contributed by atoms with van der Waals surface area (Å²) >= 11 is 0. The van der Waals surface area contributed by atoms with Gasteiger partial charge in [0.1, 0.15) is 0 Å². The summed E-state index contributed by atoms with van der Waals surface area (Å²) in [5, 5.41) is 0. The first-order chi connectivity index (χ1) is 7.67. The first kappa shape index (κ1) is 14.2. The molecule has 0 fully saturated rings. The lowest BCUT2D eigenvalue weighted by molar-refractivity contribution is 1.10. The van der Waals surface area contributed by atoms with Gasteiger partial charge in [-0.2, -0.15) is 0 Å². The fourth-order valence-corrected chi connectivity index (χ4v) is 1.05. The number of nitrogens with zero attached hydrogens (tertiary/aromatic N) is 2. The molecule has 86 valence electrons. The van der Waals surface area contributed by atoms with E-state index >= 15 is 0 Å². The topological polar surface area (TPSA) is 17.8 Å². The summed E-state index contributed by atoms with van der Waals surface area (Å²) in [5.41, 5.74) is 2.77. The molecule has 0 amide bonds. The van der Waals surface area contributed by atoms with Gasteiger partial charge in [-0.05, 0) is 24.6 Å². The third kappa shape index (κ3) is 4.13. The molecule has 0 radical (unpaired) electrons. The van der Waals surface area contributed by atoms with Crippen molar-refractivity contribution in [2.24, 2.45) is 0 Å². The maximum absolute atomic E-state index is 4.14. The van der Waals surface area contributed by atoms with Crippen molar-refractivity contribution in [1.29, 1.82) is 0 Å². The molecule has 1 aromatic heterocycles. The summed E-state index contributed by atoms with van der Waals surface area (Å²) in [6, 6.07) is 0. The van der Waals surface area contributed by atoms with Gasteiger partial charge < -0.3 is 4.57 Å². The third-order valence-electron chi connectivity index (χ3n) is 1.81. The van der Waals surface area contributed by atoms with Gasteiger partial charge in [-0.1, -0.05) is 39.7 Å². The van der Waals surface area contributed by atoms with Gasteiger partial charge in [-0.25, -0.2) is 4.98 Å². The molecule has 0 aromatic carbocycles. The van der Waals surface area contributed by atoms with E-state index in [1.165, 1.54) is 0 Å². The second-order valence-electron chi connectivity index (χ2n) is 2.97. The summed E-state index contributed by atoms with van der Waals surface area (Å²) in [5.74, 6) is 0. The standard InChI is InChI=1S/C12H14N2.C2H6/c1-5-10(3)7-12(6-2)14-8-11(4)13-9-14;1-2/h5-9H,1-3H2,4H3;1-2H3/b12-7+;. The van der Waals surface area contributed by atoms with Crippen molar-refractivity contribution in [2.75, 3.05) is 0 Å². The number of allylic oxidation sites excluding steroid dienone is 5. The molecule has 0 N–H and O–H groups in total. The van der Waals surface area contributed by atoms with Crippen LogP contribution in [-0.2, 0) is 0 Å². The molecule has 0 aliphatic heterocycles. The SMILES string of the molecule is C=CC(=C)/C=C(\C=C)n1cnc(C)c1.CC. The normalized spacial score (nSPS) is 10.1.